The number of fused-ring (bicyclic) bond motifs is 2. The molecule has 0 spiro atoms. The third-order valence-corrected chi connectivity index (χ3v) is 4.60. The maximum atomic E-state index is 12.9. The summed E-state index contributed by atoms with van der Waals surface area (Å²) < 4.78 is 12.2. The molecule has 2 aromatic heterocycles. The van der Waals surface area contributed by atoms with Gasteiger partial charge in [0.15, 0.2) is 17.2 Å². The monoisotopic (exact) mass is 394 g/mol. The largest absolute Gasteiger partial charge is 0.454 e. The molecule has 8 nitrogen and oxygen atoms in total. The van der Waals surface area contributed by atoms with Gasteiger partial charge in [-0.1, -0.05) is 19.9 Å². The van der Waals surface area contributed by atoms with E-state index < -0.39 is 5.91 Å². The average Bonchev–Trinajstić information content (AvgIpc) is 3.32. The van der Waals surface area contributed by atoms with E-state index in [1.807, 2.05) is 0 Å². The minimum atomic E-state index is -0.425. The van der Waals surface area contributed by atoms with E-state index in [9.17, 15) is 9.59 Å². The number of pyridine rings is 1. The summed E-state index contributed by atoms with van der Waals surface area (Å²) in [5, 5.41) is 5.68. The zero-order valence-corrected chi connectivity index (χ0v) is 16.3. The summed E-state index contributed by atoms with van der Waals surface area (Å²) in [6.45, 7) is 4.90. The zero-order valence-electron chi connectivity index (χ0n) is 16.3. The lowest BCUT2D eigenvalue weighted by Crippen LogP contribution is -2.26. The molecule has 0 unspecified atom stereocenters. The molecule has 0 saturated carbocycles. The first-order chi connectivity index (χ1) is 14.0. The summed E-state index contributed by atoms with van der Waals surface area (Å²) in [4.78, 5) is 29.8. The highest BCUT2D eigenvalue weighted by atomic mass is 16.7. The van der Waals surface area contributed by atoms with E-state index >= 15 is 0 Å². The summed E-state index contributed by atoms with van der Waals surface area (Å²) in [7, 11) is 0. The van der Waals surface area contributed by atoms with Gasteiger partial charge in [-0.3, -0.25) is 14.0 Å². The summed E-state index contributed by atoms with van der Waals surface area (Å²) in [6, 6.07) is 10.5. The number of carbonyl (C=O) groups excluding carboxylic acids is 2. The summed E-state index contributed by atoms with van der Waals surface area (Å²) in [5.41, 5.74) is 1.35. The smallest absolute Gasteiger partial charge is 0.292 e. The van der Waals surface area contributed by atoms with Crippen LogP contribution in [-0.4, -0.2) is 34.5 Å². The second-order valence-electron chi connectivity index (χ2n) is 7.20. The van der Waals surface area contributed by atoms with Crippen molar-refractivity contribution in [1.29, 1.82) is 0 Å². The summed E-state index contributed by atoms with van der Waals surface area (Å²) in [5.74, 6) is 1.10. The van der Waals surface area contributed by atoms with Crippen molar-refractivity contribution in [2.75, 3.05) is 18.7 Å². The van der Waals surface area contributed by atoms with Gasteiger partial charge in [-0.05, 0) is 36.6 Å². The van der Waals surface area contributed by atoms with Crippen molar-refractivity contribution in [3.63, 3.8) is 0 Å². The number of hydrogen-bond donors (Lipinski definition) is 2. The van der Waals surface area contributed by atoms with Crippen molar-refractivity contribution >= 4 is 23.0 Å². The molecular formula is C21H22N4O4. The first-order valence-corrected chi connectivity index (χ1v) is 9.49. The van der Waals surface area contributed by atoms with E-state index in [4.69, 9.17) is 9.47 Å². The van der Waals surface area contributed by atoms with Gasteiger partial charge in [0, 0.05) is 24.5 Å². The third kappa shape index (κ3) is 3.87. The van der Waals surface area contributed by atoms with Gasteiger partial charge in [-0.2, -0.15) is 0 Å². The van der Waals surface area contributed by atoms with E-state index in [-0.39, 0.29) is 24.2 Å². The lowest BCUT2D eigenvalue weighted by atomic mass is 10.1. The summed E-state index contributed by atoms with van der Waals surface area (Å²) >= 11 is 0. The van der Waals surface area contributed by atoms with Gasteiger partial charge in [-0.25, -0.2) is 4.98 Å². The van der Waals surface area contributed by atoms with Gasteiger partial charge in [0.05, 0.1) is 5.52 Å². The Morgan fingerprint density at radius 3 is 2.79 bits per heavy atom. The molecule has 0 radical (unpaired) electrons. The molecule has 2 N–H and O–H groups in total. The van der Waals surface area contributed by atoms with Gasteiger partial charge in [0.2, 0.25) is 12.6 Å². The fourth-order valence-electron chi connectivity index (χ4n) is 3.08. The van der Waals surface area contributed by atoms with E-state index in [2.05, 4.69) is 29.5 Å². The molecule has 1 aliphatic rings. The van der Waals surface area contributed by atoms with Crippen molar-refractivity contribution in [3.05, 3.63) is 54.1 Å². The summed E-state index contributed by atoms with van der Waals surface area (Å²) in [6.07, 6.45) is 2.58. The molecule has 0 aliphatic carbocycles. The highest BCUT2D eigenvalue weighted by Crippen LogP contribution is 2.34. The fourth-order valence-corrected chi connectivity index (χ4v) is 3.08. The van der Waals surface area contributed by atoms with E-state index in [0.717, 1.165) is 6.42 Å². The first-order valence-electron chi connectivity index (χ1n) is 9.49. The van der Waals surface area contributed by atoms with Crippen LogP contribution in [0.5, 0.6) is 11.5 Å². The number of hydrogen-bond acceptors (Lipinski definition) is 5. The van der Waals surface area contributed by atoms with E-state index in [1.54, 1.807) is 47.0 Å². The third-order valence-electron chi connectivity index (χ3n) is 4.60. The molecule has 1 aromatic carbocycles. The number of nitrogens with zero attached hydrogens (tertiary/aromatic N) is 2. The lowest BCUT2D eigenvalue weighted by molar-refractivity contribution is 0.0949. The number of rotatable bonds is 6. The minimum Gasteiger partial charge on any atom is -0.454 e. The Labute approximate surface area is 167 Å². The number of anilines is 1. The van der Waals surface area contributed by atoms with Crippen LogP contribution in [0.3, 0.4) is 0 Å². The molecule has 0 bridgehead atoms. The van der Waals surface area contributed by atoms with Gasteiger partial charge in [0.1, 0.15) is 0 Å². The van der Waals surface area contributed by atoms with Gasteiger partial charge in [0.25, 0.3) is 11.8 Å². The van der Waals surface area contributed by atoms with Crippen molar-refractivity contribution < 1.29 is 19.1 Å². The zero-order chi connectivity index (χ0) is 20.4. The molecule has 2 amide bonds. The predicted octanol–water partition coefficient (Wildman–Crippen LogP) is 3.09. The Kier molecular flexibility index (Phi) is 5.07. The highest BCUT2D eigenvalue weighted by molar-refractivity contribution is 6.06. The molecule has 0 atom stereocenters. The molecule has 8 heteroatoms. The molecular weight excluding hydrogens is 372 g/mol. The Bertz CT molecular complexity index is 1070. The Balaban J connectivity index is 1.58. The van der Waals surface area contributed by atoms with E-state index in [0.29, 0.717) is 35.2 Å². The topological polar surface area (TPSA) is 94.0 Å². The predicted molar refractivity (Wildman–Crippen MR) is 107 cm³/mol. The van der Waals surface area contributed by atoms with Gasteiger partial charge in [-0.15, -0.1) is 0 Å². The molecule has 4 rings (SSSR count). The molecule has 0 fully saturated rings. The maximum Gasteiger partial charge on any atom is 0.292 e. The second-order valence-corrected chi connectivity index (χ2v) is 7.20. The van der Waals surface area contributed by atoms with Crippen LogP contribution in [0.4, 0.5) is 5.69 Å². The number of imidazole rings is 1. The van der Waals surface area contributed by atoms with Crippen molar-refractivity contribution in [2.24, 2.45) is 5.92 Å². The van der Waals surface area contributed by atoms with E-state index in [1.165, 1.54) is 0 Å². The number of ether oxygens (including phenoxy) is 2. The van der Waals surface area contributed by atoms with Crippen molar-refractivity contribution in [1.82, 2.24) is 14.7 Å². The van der Waals surface area contributed by atoms with Gasteiger partial charge < -0.3 is 20.1 Å². The highest BCUT2D eigenvalue weighted by Gasteiger charge is 2.22. The van der Waals surface area contributed by atoms with Crippen LogP contribution < -0.4 is 20.1 Å². The molecule has 29 heavy (non-hydrogen) atoms. The van der Waals surface area contributed by atoms with Crippen molar-refractivity contribution in [3.8, 4) is 11.5 Å². The molecule has 150 valence electrons. The first kappa shape index (κ1) is 18.8. The fraction of sp³-hybridized carbons (Fsp3) is 0.286. The van der Waals surface area contributed by atoms with Crippen LogP contribution in [0.15, 0.2) is 42.6 Å². The van der Waals surface area contributed by atoms with Gasteiger partial charge >= 0.3 is 0 Å². The molecule has 3 aromatic rings. The Hall–Kier alpha value is -3.55. The minimum absolute atomic E-state index is 0.132. The number of amides is 2. The van der Waals surface area contributed by atoms with Crippen LogP contribution in [0, 0.1) is 5.92 Å². The average molecular weight is 394 g/mol. The standard InChI is InChI=1S/C21H22N4O4/c1-13(2)8-9-22-20(26)18-15-5-3-4-10-25(15)19(24-18)21(27)23-14-6-7-16-17(11-14)29-12-28-16/h3-7,10-11,13H,8-9,12H2,1-2H3,(H,22,26)(H,23,27). The van der Waals surface area contributed by atoms with Crippen LogP contribution >= 0.6 is 0 Å². The quantitative estimate of drug-likeness (QED) is 0.670. The Morgan fingerprint density at radius 1 is 1.14 bits per heavy atom. The van der Waals surface area contributed by atoms with Crippen LogP contribution in [0.2, 0.25) is 0 Å². The molecule has 1 aliphatic heterocycles. The van der Waals surface area contributed by atoms with Crippen LogP contribution in [0.1, 0.15) is 41.4 Å². The van der Waals surface area contributed by atoms with Crippen molar-refractivity contribution in [2.45, 2.75) is 20.3 Å². The number of aromatic nitrogens is 2. The second kappa shape index (κ2) is 7.83. The number of benzene rings is 1. The number of nitrogens with one attached hydrogen (secondary N) is 2. The maximum absolute atomic E-state index is 12.9. The SMILES string of the molecule is CC(C)CCNC(=O)c1nc(C(=O)Nc2ccc3c(c2)OCO3)n2ccccc12. The Morgan fingerprint density at radius 2 is 1.97 bits per heavy atom. The normalized spacial score (nSPS) is 12.4. The number of carbonyl (C=O) groups is 2. The molecule has 0 saturated heterocycles. The molecule has 3 heterocycles. The van der Waals surface area contributed by atoms with Crippen LogP contribution in [-0.2, 0) is 0 Å². The van der Waals surface area contributed by atoms with Crippen LogP contribution in [0.25, 0.3) is 5.52 Å². The lowest BCUT2D eigenvalue weighted by Gasteiger charge is -2.05.